The van der Waals surface area contributed by atoms with Gasteiger partial charge in [-0.1, -0.05) is 54.2 Å². The van der Waals surface area contributed by atoms with Gasteiger partial charge in [0.05, 0.1) is 22.5 Å². The molecule has 0 aliphatic carbocycles. The molecule has 3 N–H and O–H groups in total. The smallest absolute Gasteiger partial charge is 0.238 e. The molecule has 146 valence electrons. The SMILES string of the molecule is Cn1c(-c2ccccc2)cnc1SCC(=O)NCc1ccc(S(N)(=O)=O)cc1. The zero-order valence-corrected chi connectivity index (χ0v) is 16.8. The monoisotopic (exact) mass is 416 g/mol. The third kappa shape index (κ3) is 5.00. The molecule has 1 heterocycles. The molecule has 0 aliphatic heterocycles. The van der Waals surface area contributed by atoms with Crippen molar-refractivity contribution in [3.8, 4) is 11.3 Å². The first-order valence-electron chi connectivity index (χ1n) is 8.43. The highest BCUT2D eigenvalue weighted by Crippen LogP contribution is 2.24. The van der Waals surface area contributed by atoms with E-state index in [4.69, 9.17) is 5.14 Å². The minimum absolute atomic E-state index is 0.0436. The summed E-state index contributed by atoms with van der Waals surface area (Å²) in [6, 6.07) is 16.0. The van der Waals surface area contributed by atoms with E-state index in [0.717, 1.165) is 22.0 Å². The molecule has 2 aromatic carbocycles. The Morgan fingerprint density at radius 3 is 2.46 bits per heavy atom. The summed E-state index contributed by atoms with van der Waals surface area (Å²) in [5.41, 5.74) is 2.84. The number of benzene rings is 2. The molecule has 0 unspecified atom stereocenters. The Hall–Kier alpha value is -2.62. The Labute approximate surface area is 168 Å². The topological polar surface area (TPSA) is 107 Å². The van der Waals surface area contributed by atoms with Crippen LogP contribution in [0, 0.1) is 0 Å². The number of thioether (sulfide) groups is 1. The number of hydrogen-bond donors (Lipinski definition) is 2. The van der Waals surface area contributed by atoms with E-state index in [0.29, 0.717) is 6.54 Å². The van der Waals surface area contributed by atoms with Crippen LogP contribution in [0.1, 0.15) is 5.56 Å². The number of primary sulfonamides is 1. The maximum Gasteiger partial charge on any atom is 0.238 e. The van der Waals surface area contributed by atoms with Gasteiger partial charge in [-0.25, -0.2) is 18.5 Å². The van der Waals surface area contributed by atoms with Crippen LogP contribution in [0.2, 0.25) is 0 Å². The second-order valence-electron chi connectivity index (χ2n) is 6.11. The number of carbonyl (C=O) groups is 1. The summed E-state index contributed by atoms with van der Waals surface area (Å²) in [7, 11) is -1.79. The van der Waals surface area contributed by atoms with Crippen molar-refractivity contribution in [2.75, 3.05) is 5.75 Å². The van der Waals surface area contributed by atoms with Crippen LogP contribution in [-0.4, -0.2) is 29.6 Å². The van der Waals surface area contributed by atoms with E-state index in [-0.39, 0.29) is 16.6 Å². The number of nitrogens with zero attached hydrogens (tertiary/aromatic N) is 2. The predicted octanol–water partition coefficient (Wildman–Crippen LogP) is 2.14. The van der Waals surface area contributed by atoms with Crippen molar-refractivity contribution in [2.45, 2.75) is 16.6 Å². The van der Waals surface area contributed by atoms with Gasteiger partial charge in [-0.05, 0) is 23.3 Å². The van der Waals surface area contributed by atoms with Crippen LogP contribution in [-0.2, 0) is 28.4 Å². The van der Waals surface area contributed by atoms with Gasteiger partial charge < -0.3 is 9.88 Å². The molecule has 0 saturated heterocycles. The fourth-order valence-corrected chi connectivity index (χ4v) is 3.88. The van der Waals surface area contributed by atoms with E-state index in [1.807, 2.05) is 41.9 Å². The lowest BCUT2D eigenvalue weighted by atomic mass is 10.2. The van der Waals surface area contributed by atoms with E-state index in [1.54, 1.807) is 18.3 Å². The van der Waals surface area contributed by atoms with Crippen LogP contribution in [0.25, 0.3) is 11.3 Å². The lowest BCUT2D eigenvalue weighted by molar-refractivity contribution is -0.118. The van der Waals surface area contributed by atoms with Gasteiger partial charge in [0.2, 0.25) is 15.9 Å². The summed E-state index contributed by atoms with van der Waals surface area (Å²) in [6.45, 7) is 0.306. The summed E-state index contributed by atoms with van der Waals surface area (Å²) in [5, 5.41) is 8.63. The molecule has 7 nitrogen and oxygen atoms in total. The van der Waals surface area contributed by atoms with Gasteiger partial charge in [0, 0.05) is 13.6 Å². The zero-order chi connectivity index (χ0) is 20.1. The second kappa shape index (κ2) is 8.59. The van der Waals surface area contributed by atoms with Gasteiger partial charge in [-0.15, -0.1) is 0 Å². The van der Waals surface area contributed by atoms with Crippen LogP contribution in [0.5, 0.6) is 0 Å². The fourth-order valence-electron chi connectivity index (χ4n) is 2.58. The van der Waals surface area contributed by atoms with Crippen LogP contribution in [0.3, 0.4) is 0 Å². The molecule has 1 amide bonds. The Balaban J connectivity index is 1.53. The normalized spacial score (nSPS) is 11.4. The average Bonchev–Trinajstić information content (AvgIpc) is 3.05. The van der Waals surface area contributed by atoms with Gasteiger partial charge in [0.1, 0.15) is 0 Å². The number of carbonyl (C=O) groups excluding carboxylic acids is 1. The molecule has 0 aliphatic rings. The molecule has 0 fully saturated rings. The fraction of sp³-hybridized carbons (Fsp3) is 0.158. The van der Waals surface area contributed by atoms with Gasteiger partial charge in [0.15, 0.2) is 5.16 Å². The third-order valence-corrected chi connectivity index (χ3v) is 6.06. The first kappa shape index (κ1) is 20.1. The molecule has 0 saturated carbocycles. The Kier molecular flexibility index (Phi) is 6.18. The summed E-state index contributed by atoms with van der Waals surface area (Å²) in [4.78, 5) is 16.6. The van der Waals surface area contributed by atoms with E-state index >= 15 is 0 Å². The van der Waals surface area contributed by atoms with E-state index < -0.39 is 10.0 Å². The average molecular weight is 417 g/mol. The summed E-state index contributed by atoms with van der Waals surface area (Å²) in [6.07, 6.45) is 1.79. The van der Waals surface area contributed by atoms with Crippen LogP contribution in [0.4, 0.5) is 0 Å². The third-order valence-electron chi connectivity index (χ3n) is 4.09. The molecule has 0 spiro atoms. The first-order valence-corrected chi connectivity index (χ1v) is 11.0. The van der Waals surface area contributed by atoms with Crippen molar-refractivity contribution in [2.24, 2.45) is 12.2 Å². The number of imidazole rings is 1. The summed E-state index contributed by atoms with van der Waals surface area (Å²) < 4.78 is 24.5. The Morgan fingerprint density at radius 2 is 1.82 bits per heavy atom. The number of amides is 1. The molecule has 0 radical (unpaired) electrons. The molecule has 0 atom stereocenters. The number of rotatable bonds is 7. The minimum atomic E-state index is -3.71. The van der Waals surface area contributed by atoms with Crippen molar-refractivity contribution in [3.05, 3.63) is 66.4 Å². The van der Waals surface area contributed by atoms with Crippen molar-refractivity contribution < 1.29 is 13.2 Å². The predicted molar refractivity (Wildman–Crippen MR) is 109 cm³/mol. The first-order chi connectivity index (χ1) is 13.3. The number of nitrogens with one attached hydrogen (secondary N) is 1. The Morgan fingerprint density at radius 1 is 1.14 bits per heavy atom. The largest absolute Gasteiger partial charge is 0.351 e. The van der Waals surface area contributed by atoms with Crippen molar-refractivity contribution in [1.29, 1.82) is 0 Å². The standard InChI is InChI=1S/C19H20N4O3S2/c1-23-17(15-5-3-2-4-6-15)12-22-19(23)27-13-18(24)21-11-14-7-9-16(10-8-14)28(20,25)26/h2-10,12H,11,13H2,1H3,(H,21,24)(H2,20,25,26). The second-order valence-corrected chi connectivity index (χ2v) is 8.61. The molecular formula is C19H20N4O3S2. The maximum absolute atomic E-state index is 12.1. The highest BCUT2D eigenvalue weighted by atomic mass is 32.2. The number of aromatic nitrogens is 2. The van der Waals surface area contributed by atoms with E-state index in [2.05, 4.69) is 10.3 Å². The summed E-state index contributed by atoms with van der Waals surface area (Å²) in [5.74, 6) is 0.0960. The van der Waals surface area contributed by atoms with Crippen LogP contribution in [0.15, 0.2) is 70.8 Å². The zero-order valence-electron chi connectivity index (χ0n) is 15.2. The lowest BCUT2D eigenvalue weighted by Crippen LogP contribution is -2.24. The molecule has 0 bridgehead atoms. The quantitative estimate of drug-likeness (QED) is 0.574. The summed E-state index contributed by atoms with van der Waals surface area (Å²) >= 11 is 1.36. The van der Waals surface area contributed by atoms with Gasteiger partial charge >= 0.3 is 0 Å². The number of hydrogen-bond acceptors (Lipinski definition) is 5. The molecular weight excluding hydrogens is 396 g/mol. The van der Waals surface area contributed by atoms with E-state index in [9.17, 15) is 13.2 Å². The molecule has 1 aromatic heterocycles. The van der Waals surface area contributed by atoms with Gasteiger partial charge in [0.25, 0.3) is 0 Å². The van der Waals surface area contributed by atoms with Crippen LogP contribution >= 0.6 is 11.8 Å². The lowest BCUT2D eigenvalue weighted by Gasteiger charge is -2.07. The van der Waals surface area contributed by atoms with Gasteiger partial charge in [-0.3, -0.25) is 4.79 Å². The maximum atomic E-state index is 12.1. The highest BCUT2D eigenvalue weighted by molar-refractivity contribution is 7.99. The van der Waals surface area contributed by atoms with Crippen LogP contribution < -0.4 is 10.5 Å². The number of nitrogens with two attached hydrogens (primary N) is 1. The van der Waals surface area contributed by atoms with Gasteiger partial charge in [-0.2, -0.15) is 0 Å². The van der Waals surface area contributed by atoms with E-state index in [1.165, 1.54) is 23.9 Å². The minimum Gasteiger partial charge on any atom is -0.351 e. The molecule has 3 rings (SSSR count). The number of sulfonamides is 1. The Bertz CT molecular complexity index is 1060. The highest BCUT2D eigenvalue weighted by Gasteiger charge is 2.11. The van der Waals surface area contributed by atoms with Crippen molar-refractivity contribution in [1.82, 2.24) is 14.9 Å². The molecule has 28 heavy (non-hydrogen) atoms. The molecule has 9 heteroatoms. The molecule has 3 aromatic rings. The van der Waals surface area contributed by atoms with Crippen molar-refractivity contribution in [3.63, 3.8) is 0 Å². The van der Waals surface area contributed by atoms with Crippen molar-refractivity contribution >= 4 is 27.7 Å².